The van der Waals surface area contributed by atoms with Crippen LogP contribution in [0.3, 0.4) is 0 Å². The van der Waals surface area contributed by atoms with Gasteiger partial charge in [0, 0.05) is 32.6 Å². The first kappa shape index (κ1) is 19.2. The lowest BCUT2D eigenvalue weighted by Gasteiger charge is -2.23. The van der Waals surface area contributed by atoms with Gasteiger partial charge in [0.2, 0.25) is 5.91 Å². The molecule has 5 nitrogen and oxygen atoms in total. The zero-order valence-electron chi connectivity index (χ0n) is 14.9. The molecule has 1 aliphatic rings. The lowest BCUT2D eigenvalue weighted by atomic mass is 9.96. The fraction of sp³-hybridized carbons (Fsp3) is 0.579. The second kappa shape index (κ2) is 10.0. The van der Waals surface area contributed by atoms with Crippen molar-refractivity contribution in [2.45, 2.75) is 57.5 Å². The van der Waals surface area contributed by atoms with E-state index < -0.39 is 0 Å². The molecule has 25 heavy (non-hydrogen) atoms. The molecule has 0 bridgehead atoms. The van der Waals surface area contributed by atoms with Gasteiger partial charge in [0.1, 0.15) is 5.82 Å². The molecule has 138 valence electrons. The van der Waals surface area contributed by atoms with E-state index in [9.17, 15) is 14.0 Å². The van der Waals surface area contributed by atoms with Crippen molar-refractivity contribution in [3.05, 3.63) is 35.6 Å². The number of carbonyl (C=O) groups excluding carboxylic acids is 2. The van der Waals surface area contributed by atoms with Crippen LogP contribution in [0.25, 0.3) is 0 Å². The molecule has 1 aromatic rings. The number of hydrogen-bond donors (Lipinski definition) is 2. The second-order valence-corrected chi connectivity index (χ2v) is 6.71. The molecule has 0 aliphatic heterocycles. The molecule has 0 spiro atoms. The smallest absolute Gasteiger partial charge is 0.315 e. The van der Waals surface area contributed by atoms with Gasteiger partial charge in [-0.2, -0.15) is 0 Å². The summed E-state index contributed by atoms with van der Waals surface area (Å²) in [7, 11) is 1.73. The lowest BCUT2D eigenvalue weighted by Crippen LogP contribution is -2.43. The van der Waals surface area contributed by atoms with Crippen molar-refractivity contribution in [2.24, 2.45) is 0 Å². The number of halogens is 1. The van der Waals surface area contributed by atoms with E-state index in [1.807, 2.05) is 0 Å². The average molecular weight is 349 g/mol. The van der Waals surface area contributed by atoms with Gasteiger partial charge in [-0.15, -0.1) is 0 Å². The fourth-order valence-electron chi connectivity index (χ4n) is 3.07. The highest BCUT2D eigenvalue weighted by atomic mass is 19.1. The van der Waals surface area contributed by atoms with Crippen LogP contribution in [0, 0.1) is 5.82 Å². The zero-order chi connectivity index (χ0) is 18.1. The highest BCUT2D eigenvalue weighted by molar-refractivity contribution is 5.76. The van der Waals surface area contributed by atoms with Crippen LogP contribution in [0.4, 0.5) is 9.18 Å². The van der Waals surface area contributed by atoms with Crippen LogP contribution in [0.5, 0.6) is 0 Å². The summed E-state index contributed by atoms with van der Waals surface area (Å²) in [6.07, 6.45) is 6.71. The first-order valence-electron chi connectivity index (χ1n) is 9.07. The van der Waals surface area contributed by atoms with Gasteiger partial charge in [-0.3, -0.25) is 4.79 Å². The molecule has 1 aliphatic carbocycles. The molecule has 2 N–H and O–H groups in total. The molecule has 0 aromatic heterocycles. The minimum absolute atomic E-state index is 0.0128. The molecule has 1 fully saturated rings. The van der Waals surface area contributed by atoms with Crippen LogP contribution in [0.2, 0.25) is 0 Å². The van der Waals surface area contributed by atoms with Crippen molar-refractivity contribution in [2.75, 3.05) is 13.6 Å². The van der Waals surface area contributed by atoms with Crippen LogP contribution in [-0.2, 0) is 11.3 Å². The van der Waals surface area contributed by atoms with E-state index in [0.717, 1.165) is 18.4 Å². The lowest BCUT2D eigenvalue weighted by molar-refractivity contribution is -0.130. The van der Waals surface area contributed by atoms with Crippen LogP contribution >= 0.6 is 0 Å². The summed E-state index contributed by atoms with van der Waals surface area (Å²) in [5, 5.41) is 5.81. The van der Waals surface area contributed by atoms with Gasteiger partial charge in [0.05, 0.1) is 0 Å². The molecular weight excluding hydrogens is 321 g/mol. The van der Waals surface area contributed by atoms with E-state index in [1.54, 1.807) is 24.1 Å². The van der Waals surface area contributed by atoms with Crippen molar-refractivity contribution >= 4 is 11.9 Å². The van der Waals surface area contributed by atoms with Crippen LogP contribution in [0.1, 0.15) is 50.5 Å². The standard InChI is InChI=1S/C19H28FN3O2/c1-23(14-15-9-11-16(20)12-10-15)18(24)8-5-13-21-19(25)22-17-6-3-2-4-7-17/h9-12,17H,2-8,13-14H2,1H3,(H2,21,22,25). The van der Waals surface area contributed by atoms with Crippen molar-refractivity contribution in [1.29, 1.82) is 0 Å². The van der Waals surface area contributed by atoms with Gasteiger partial charge >= 0.3 is 6.03 Å². The van der Waals surface area contributed by atoms with E-state index in [1.165, 1.54) is 31.4 Å². The van der Waals surface area contributed by atoms with Crippen LogP contribution in [-0.4, -0.2) is 36.5 Å². The Balaban J connectivity index is 1.59. The van der Waals surface area contributed by atoms with Gasteiger partial charge in [-0.1, -0.05) is 31.4 Å². The third kappa shape index (κ3) is 7.11. The van der Waals surface area contributed by atoms with Gasteiger partial charge in [0.25, 0.3) is 0 Å². The van der Waals surface area contributed by atoms with Crippen molar-refractivity contribution in [1.82, 2.24) is 15.5 Å². The molecule has 0 heterocycles. The summed E-state index contributed by atoms with van der Waals surface area (Å²) in [5.41, 5.74) is 0.891. The third-order valence-corrected chi connectivity index (χ3v) is 4.55. The first-order valence-corrected chi connectivity index (χ1v) is 9.07. The molecule has 1 aromatic carbocycles. The van der Waals surface area contributed by atoms with E-state index in [-0.39, 0.29) is 23.8 Å². The number of amides is 3. The normalized spacial score (nSPS) is 14.8. The number of urea groups is 1. The van der Waals surface area contributed by atoms with E-state index in [0.29, 0.717) is 25.9 Å². The Morgan fingerprint density at radius 2 is 1.84 bits per heavy atom. The summed E-state index contributed by atoms with van der Waals surface area (Å²) >= 11 is 0. The summed E-state index contributed by atoms with van der Waals surface area (Å²) in [4.78, 5) is 25.5. The number of carbonyl (C=O) groups is 2. The number of hydrogen-bond acceptors (Lipinski definition) is 2. The summed E-state index contributed by atoms with van der Waals surface area (Å²) in [6, 6.07) is 6.29. The molecule has 0 saturated heterocycles. The van der Waals surface area contributed by atoms with Crippen molar-refractivity contribution in [3.8, 4) is 0 Å². The predicted molar refractivity (Wildman–Crippen MR) is 95.5 cm³/mol. The molecule has 1 saturated carbocycles. The Morgan fingerprint density at radius 3 is 2.52 bits per heavy atom. The third-order valence-electron chi connectivity index (χ3n) is 4.55. The van der Waals surface area contributed by atoms with Gasteiger partial charge in [0.15, 0.2) is 0 Å². The fourth-order valence-corrected chi connectivity index (χ4v) is 3.07. The Bertz CT molecular complexity index is 556. The largest absolute Gasteiger partial charge is 0.341 e. The average Bonchev–Trinajstić information content (AvgIpc) is 2.61. The Hall–Kier alpha value is -2.11. The molecule has 3 amide bonds. The number of rotatable bonds is 7. The molecule has 0 atom stereocenters. The number of nitrogens with zero attached hydrogens (tertiary/aromatic N) is 1. The van der Waals surface area contributed by atoms with Crippen LogP contribution < -0.4 is 10.6 Å². The van der Waals surface area contributed by atoms with Crippen LogP contribution in [0.15, 0.2) is 24.3 Å². The number of nitrogens with one attached hydrogen (secondary N) is 2. The minimum atomic E-state index is -0.282. The molecule has 0 radical (unpaired) electrons. The van der Waals surface area contributed by atoms with Crippen molar-refractivity contribution in [3.63, 3.8) is 0 Å². The SMILES string of the molecule is CN(Cc1ccc(F)cc1)C(=O)CCCNC(=O)NC1CCCCC1. The first-order chi connectivity index (χ1) is 12.0. The Labute approximate surface area is 149 Å². The number of benzene rings is 1. The Morgan fingerprint density at radius 1 is 1.16 bits per heavy atom. The summed E-state index contributed by atoms with van der Waals surface area (Å²) in [5.74, 6) is -0.269. The predicted octanol–water partition coefficient (Wildman–Crippen LogP) is 3.20. The van der Waals surface area contributed by atoms with Crippen molar-refractivity contribution < 1.29 is 14.0 Å². The van der Waals surface area contributed by atoms with E-state index >= 15 is 0 Å². The van der Waals surface area contributed by atoms with E-state index in [4.69, 9.17) is 0 Å². The van der Waals surface area contributed by atoms with E-state index in [2.05, 4.69) is 10.6 Å². The summed E-state index contributed by atoms with van der Waals surface area (Å²) < 4.78 is 12.9. The second-order valence-electron chi connectivity index (χ2n) is 6.71. The van der Waals surface area contributed by atoms with Gasteiger partial charge < -0.3 is 15.5 Å². The maximum atomic E-state index is 12.9. The van der Waals surface area contributed by atoms with Gasteiger partial charge in [-0.05, 0) is 37.0 Å². The van der Waals surface area contributed by atoms with Gasteiger partial charge in [-0.25, -0.2) is 9.18 Å². The molecule has 0 unspecified atom stereocenters. The Kier molecular flexibility index (Phi) is 7.70. The summed E-state index contributed by atoms with van der Waals surface area (Å²) in [6.45, 7) is 0.934. The molecule has 2 rings (SSSR count). The highest BCUT2D eigenvalue weighted by Crippen LogP contribution is 2.17. The maximum Gasteiger partial charge on any atom is 0.315 e. The monoisotopic (exact) mass is 349 g/mol. The maximum absolute atomic E-state index is 12.9. The molecular formula is C19H28FN3O2. The quantitative estimate of drug-likeness (QED) is 0.743. The highest BCUT2D eigenvalue weighted by Gasteiger charge is 2.15. The molecule has 6 heteroatoms. The topological polar surface area (TPSA) is 61.4 Å². The minimum Gasteiger partial charge on any atom is -0.341 e. The zero-order valence-corrected chi connectivity index (χ0v) is 14.9.